The van der Waals surface area contributed by atoms with E-state index in [1.807, 2.05) is 66.2 Å². The van der Waals surface area contributed by atoms with E-state index >= 15 is 0 Å². The minimum atomic E-state index is -0.394. The summed E-state index contributed by atoms with van der Waals surface area (Å²) >= 11 is 3.16. The van der Waals surface area contributed by atoms with E-state index in [0.717, 1.165) is 15.9 Å². The molecule has 2 rings (SSSR count). The van der Waals surface area contributed by atoms with Gasteiger partial charge in [-0.25, -0.2) is 4.79 Å². The predicted molar refractivity (Wildman–Crippen MR) is 506 cm³/mol. The molecule has 30 N–H and O–H groups in total. The lowest BCUT2D eigenvalue weighted by atomic mass is 10.2. The fraction of sp³-hybridized carbons (Fsp3) is 0.655. The molecule has 0 radical (unpaired) electrons. The molecule has 0 atom stereocenters. The first-order valence-corrected chi connectivity index (χ1v) is 46.8. The van der Waals surface area contributed by atoms with E-state index in [1.54, 1.807) is 47.8 Å². The minimum absolute atomic E-state index is 0.126. The molecule has 0 unspecified atom stereocenters. The van der Waals surface area contributed by atoms with E-state index in [4.69, 9.17) is 45.9 Å². The maximum absolute atomic E-state index is 13.0. The van der Waals surface area contributed by atoms with Crippen LogP contribution in [0.3, 0.4) is 0 Å². The topological polar surface area (TPSA) is 661 Å². The average Bonchev–Trinajstić information content (AvgIpc) is 0.890. The van der Waals surface area contributed by atoms with Gasteiger partial charge in [-0.05, 0) is 61.0 Å². The molecule has 44 nitrogen and oxygen atoms in total. The third-order valence-electron chi connectivity index (χ3n) is 19.1. The smallest absolute Gasteiger partial charge is 0.329 e. The number of carbonyl (C=O) groups excluding carboxylic acids is 15. The Balaban J connectivity index is 0.00000240. The fourth-order valence-corrected chi connectivity index (χ4v) is 12.5. The van der Waals surface area contributed by atoms with Crippen LogP contribution in [0.15, 0.2) is 71.0 Å². The summed E-state index contributed by atoms with van der Waals surface area (Å²) < 4.78 is 4.14. The lowest BCUT2D eigenvalue weighted by molar-refractivity contribution is -0.135. The highest BCUT2D eigenvalue weighted by atomic mass is 32.2. The average molecular weight is 1880 g/mol. The number of nitrogens with two attached hydrogens (primary N) is 8. The quantitative estimate of drug-likeness (QED) is 0.0166. The molecule has 0 aliphatic carbocycles. The molecule has 130 heavy (non-hydrogen) atoms. The zero-order valence-electron chi connectivity index (χ0n) is 76.8. The zero-order valence-corrected chi connectivity index (χ0v) is 78.5. The van der Waals surface area contributed by atoms with Crippen LogP contribution in [-0.2, 0) is 67.1 Å². The van der Waals surface area contributed by atoms with Gasteiger partial charge in [0.2, 0.25) is 70.9 Å². The Morgan fingerprint density at radius 2 is 0.400 bits per heavy atom. The lowest BCUT2D eigenvalue weighted by Gasteiger charge is -2.24. The molecule has 0 saturated heterocycles. The fourth-order valence-electron chi connectivity index (χ4n) is 11.7. The van der Waals surface area contributed by atoms with Crippen LogP contribution >= 0.6 is 23.5 Å². The summed E-state index contributed by atoms with van der Waals surface area (Å²) in [6.45, 7) is 17.2. The van der Waals surface area contributed by atoms with Crippen molar-refractivity contribution < 1.29 is 76.7 Å². The van der Waals surface area contributed by atoms with E-state index in [-0.39, 0.29) is 199 Å². The number of carbonyl (C=O) groups is 15. The van der Waals surface area contributed by atoms with E-state index in [0.29, 0.717) is 234 Å². The largest absolute Gasteiger partial charge is 0.466 e. The van der Waals surface area contributed by atoms with Gasteiger partial charge in [0, 0.05) is 366 Å². The second-order valence-corrected chi connectivity index (χ2v) is 31.0. The van der Waals surface area contributed by atoms with Gasteiger partial charge in [0.25, 0.3) is 11.8 Å². The molecule has 0 aliphatic heterocycles. The third kappa shape index (κ3) is 68.4. The summed E-state index contributed by atoms with van der Waals surface area (Å²) in [5.41, 5.74) is 44.9. The number of hydrogen-bond donors (Lipinski definition) is 22. The number of thioether (sulfide) groups is 2. The first-order valence-electron chi connectivity index (χ1n) is 44.4. The molecule has 738 valence electrons. The molecule has 0 spiro atoms. The molecular weight excluding hydrogens is 1720 g/mol. The van der Waals surface area contributed by atoms with E-state index in [1.165, 1.54) is 7.11 Å². The summed E-state index contributed by atoms with van der Waals surface area (Å²) in [6, 6.07) is 14.6. The van der Waals surface area contributed by atoms with Crippen molar-refractivity contribution in [2.45, 2.75) is 86.8 Å². The maximum Gasteiger partial charge on any atom is 0.329 e. The normalized spacial score (nSPS) is 10.8. The van der Waals surface area contributed by atoms with Crippen LogP contribution < -0.4 is 120 Å². The van der Waals surface area contributed by atoms with Crippen molar-refractivity contribution in [3.05, 3.63) is 72.3 Å². The molecule has 0 aromatic heterocycles. The van der Waals surface area contributed by atoms with Crippen molar-refractivity contribution in [3.8, 4) is 0 Å². The van der Waals surface area contributed by atoms with Crippen LogP contribution in [0.25, 0.3) is 0 Å². The maximum atomic E-state index is 13.0. The molecule has 14 amide bonds. The third-order valence-corrected chi connectivity index (χ3v) is 20.6. The number of nitrogens with zero attached hydrogens (tertiary/aromatic N) is 6. The molecule has 46 heteroatoms. The summed E-state index contributed by atoms with van der Waals surface area (Å²) in [7, 11) is 1.31. The van der Waals surface area contributed by atoms with Gasteiger partial charge in [0.15, 0.2) is 0 Å². The molecule has 0 bridgehead atoms. The van der Waals surface area contributed by atoms with Gasteiger partial charge in [-0.1, -0.05) is 6.58 Å². The summed E-state index contributed by atoms with van der Waals surface area (Å²) in [5, 5.41) is 39.4. The van der Waals surface area contributed by atoms with Crippen molar-refractivity contribution in [1.82, 2.24) is 104 Å². The molecule has 0 saturated carbocycles. The number of methoxy groups -OCH3 is 1. The van der Waals surface area contributed by atoms with Crippen molar-refractivity contribution in [2.24, 2.45) is 45.9 Å². The summed E-state index contributed by atoms with van der Waals surface area (Å²) in [6.07, 6.45) is 7.21. The van der Waals surface area contributed by atoms with Crippen LogP contribution in [0.2, 0.25) is 0 Å². The van der Waals surface area contributed by atoms with E-state index in [2.05, 4.69) is 85.8 Å². The molecule has 0 aliphatic rings. The van der Waals surface area contributed by atoms with Gasteiger partial charge >= 0.3 is 5.97 Å². The van der Waals surface area contributed by atoms with Crippen molar-refractivity contribution in [2.75, 3.05) is 281 Å². The van der Waals surface area contributed by atoms with Gasteiger partial charge in [0.1, 0.15) is 0 Å². The minimum Gasteiger partial charge on any atom is -0.466 e. The number of rotatable bonds is 75. The highest BCUT2D eigenvalue weighted by Crippen LogP contribution is 2.16. The second kappa shape index (κ2) is 81.4. The Morgan fingerprint density at radius 1 is 0.254 bits per heavy atom. The first kappa shape index (κ1) is 120. The SMILES string of the molecule is C=CC(=O)OC.CSc1ccc(C(=O)NCCN(CCC(=O)NCCN(CCC(=O)NCCN)CCC(=O)NCCN)CCC(=O)NCCN(CCC(=O)NCCN)CCC(=O)NCCN)cc1.CSc1ccc(C(=O)NCCN(CCC(=O)NCCN(CCC(=O)NCCN)CCC(=O)NCCN)CCC(=O)NCCN(CCC(=O)NCCN)CCC(=O)NCCN)cc1. The van der Waals surface area contributed by atoms with Crippen molar-refractivity contribution in [3.63, 3.8) is 0 Å². The Morgan fingerprint density at radius 3 is 0.523 bits per heavy atom. The molecule has 2 aromatic carbocycles. The van der Waals surface area contributed by atoms with Gasteiger partial charge < -0.3 is 154 Å². The van der Waals surface area contributed by atoms with Crippen LogP contribution in [0.4, 0.5) is 0 Å². The summed E-state index contributed by atoms with van der Waals surface area (Å²) in [5.74, 6) is -2.96. The highest BCUT2D eigenvalue weighted by Gasteiger charge is 2.21. The molecular formula is C84H154N28O16S2. The molecule has 2 aromatic rings. The number of benzene rings is 2. The number of amides is 14. The lowest BCUT2D eigenvalue weighted by Crippen LogP contribution is -2.42. The van der Waals surface area contributed by atoms with E-state index in [9.17, 15) is 71.9 Å². The van der Waals surface area contributed by atoms with Crippen LogP contribution in [-0.4, -0.2) is 399 Å². The van der Waals surface area contributed by atoms with Gasteiger partial charge in [-0.3, -0.25) is 67.1 Å². The first-order chi connectivity index (χ1) is 62.7. The number of esters is 1. The Labute approximate surface area is 775 Å². The number of ether oxygens (including phenoxy) is 1. The monoisotopic (exact) mass is 1880 g/mol. The Kier molecular flexibility index (Phi) is 75.3. The predicted octanol–water partition coefficient (Wildman–Crippen LogP) is -7.82. The van der Waals surface area contributed by atoms with Crippen LogP contribution in [0, 0.1) is 0 Å². The second-order valence-electron chi connectivity index (χ2n) is 29.3. The van der Waals surface area contributed by atoms with Crippen LogP contribution in [0.5, 0.6) is 0 Å². The number of nitrogens with one attached hydrogen (secondary N) is 14. The van der Waals surface area contributed by atoms with Crippen LogP contribution in [0.1, 0.15) is 97.8 Å². The van der Waals surface area contributed by atoms with Crippen molar-refractivity contribution >= 4 is 112 Å². The Hall–Kier alpha value is -9.63. The molecule has 0 heterocycles. The standard InChI is InChI=1S/2C40H74N14O7S.C4H6O2/c2*1-62-33-4-2-32(3-5-33)40(61)51-22-31-54(27-10-38(59)49-20-29-52(23-6-34(55)45-16-12-41)24-7-35(56)46-17-13-42)28-11-39(60)50-21-30-53(25-8-36(57)47-18-14-43)26-9-37(58)48-19-15-44;1-3-4(5)6-2/h2*2-5H,6-31,41-44H2,1H3,(H,45,55)(H,46,56)(H,47,57)(H,48,58)(H,49,59)(H,50,60)(H,51,61);3H,1H2,2H3. The highest BCUT2D eigenvalue weighted by molar-refractivity contribution is 7.98. The van der Waals surface area contributed by atoms with E-state index < -0.39 is 5.97 Å². The Bertz CT molecular complexity index is 3080. The number of hydrogen-bond acceptors (Lipinski definition) is 32. The summed E-state index contributed by atoms with van der Waals surface area (Å²) in [4.78, 5) is 199. The van der Waals surface area contributed by atoms with Crippen molar-refractivity contribution in [1.29, 1.82) is 0 Å². The zero-order chi connectivity index (χ0) is 96.6. The van der Waals surface area contributed by atoms with Gasteiger partial charge in [-0.2, -0.15) is 0 Å². The van der Waals surface area contributed by atoms with Gasteiger partial charge in [0.05, 0.1) is 7.11 Å². The van der Waals surface area contributed by atoms with Gasteiger partial charge in [-0.15, -0.1) is 23.5 Å². The molecule has 0 fully saturated rings.